The minimum Gasteiger partial charge on any atom is -0.469 e. The van der Waals surface area contributed by atoms with Crippen LogP contribution in [0.25, 0.3) is 0 Å². The predicted octanol–water partition coefficient (Wildman–Crippen LogP) is 1.53. The van der Waals surface area contributed by atoms with Gasteiger partial charge in [0.05, 0.1) is 19.1 Å². The lowest BCUT2D eigenvalue weighted by molar-refractivity contribution is -0.151. The third-order valence-electron chi connectivity index (χ3n) is 2.55. The number of rotatable bonds is 2. The van der Waals surface area contributed by atoms with E-state index in [0.29, 0.717) is 0 Å². The van der Waals surface area contributed by atoms with Crippen LogP contribution >= 0.6 is 0 Å². The van der Waals surface area contributed by atoms with Crippen LogP contribution in [0.5, 0.6) is 0 Å². The van der Waals surface area contributed by atoms with Gasteiger partial charge in [0.25, 0.3) is 0 Å². The van der Waals surface area contributed by atoms with Crippen LogP contribution in [0.1, 0.15) is 19.3 Å². The van der Waals surface area contributed by atoms with Crippen molar-refractivity contribution in [1.29, 1.82) is 0 Å². The highest BCUT2D eigenvalue weighted by molar-refractivity contribution is 5.73. The summed E-state index contributed by atoms with van der Waals surface area (Å²) in [6.45, 7) is 3.90. The van der Waals surface area contributed by atoms with Crippen molar-refractivity contribution in [1.82, 2.24) is 0 Å². The lowest BCUT2D eigenvalue weighted by Gasteiger charge is -2.29. The van der Waals surface area contributed by atoms with Crippen molar-refractivity contribution in [3.05, 3.63) is 12.2 Å². The standard InChI is InChI=1S/C10H16O3/c1-7-4-5-8(10(11)13-3)9(6-7)12-2/h8-9H,1,4-6H2,2-3H3. The van der Waals surface area contributed by atoms with Gasteiger partial charge in [0.2, 0.25) is 0 Å². The second-order valence-corrected chi connectivity index (χ2v) is 3.40. The summed E-state index contributed by atoms with van der Waals surface area (Å²) in [4.78, 5) is 11.3. The van der Waals surface area contributed by atoms with E-state index in [1.165, 1.54) is 7.11 Å². The molecule has 0 heterocycles. The molecule has 74 valence electrons. The predicted molar refractivity (Wildman–Crippen MR) is 49.3 cm³/mol. The summed E-state index contributed by atoms with van der Waals surface area (Å²) in [6.07, 6.45) is 2.42. The summed E-state index contributed by atoms with van der Waals surface area (Å²) < 4.78 is 9.94. The number of carbonyl (C=O) groups is 1. The van der Waals surface area contributed by atoms with Crippen LogP contribution < -0.4 is 0 Å². The fourth-order valence-electron chi connectivity index (χ4n) is 1.74. The fourth-order valence-corrected chi connectivity index (χ4v) is 1.74. The molecule has 13 heavy (non-hydrogen) atoms. The Morgan fingerprint density at radius 1 is 1.54 bits per heavy atom. The molecule has 0 aromatic heterocycles. The highest BCUT2D eigenvalue weighted by Crippen LogP contribution is 2.30. The Morgan fingerprint density at radius 3 is 2.77 bits per heavy atom. The Labute approximate surface area is 78.7 Å². The first kappa shape index (κ1) is 10.3. The van der Waals surface area contributed by atoms with Crippen molar-refractivity contribution in [3.63, 3.8) is 0 Å². The Morgan fingerprint density at radius 2 is 2.23 bits per heavy atom. The summed E-state index contributed by atoms with van der Waals surface area (Å²) in [5, 5.41) is 0. The summed E-state index contributed by atoms with van der Waals surface area (Å²) in [5.74, 6) is -0.278. The molecule has 2 unspecified atom stereocenters. The lowest BCUT2D eigenvalue weighted by Crippen LogP contribution is -2.34. The molecule has 0 saturated heterocycles. The largest absolute Gasteiger partial charge is 0.469 e. The van der Waals surface area contributed by atoms with E-state index in [-0.39, 0.29) is 18.0 Å². The maximum atomic E-state index is 11.3. The van der Waals surface area contributed by atoms with E-state index >= 15 is 0 Å². The van der Waals surface area contributed by atoms with Crippen molar-refractivity contribution in [3.8, 4) is 0 Å². The van der Waals surface area contributed by atoms with Crippen molar-refractivity contribution in [2.75, 3.05) is 14.2 Å². The van der Waals surface area contributed by atoms with Gasteiger partial charge in [-0.05, 0) is 19.3 Å². The molecular weight excluding hydrogens is 168 g/mol. The molecule has 0 aromatic rings. The zero-order chi connectivity index (χ0) is 9.84. The Balaban J connectivity index is 2.62. The van der Waals surface area contributed by atoms with E-state index in [2.05, 4.69) is 6.58 Å². The molecule has 0 aromatic carbocycles. The monoisotopic (exact) mass is 184 g/mol. The van der Waals surface area contributed by atoms with Crippen LogP contribution in [-0.4, -0.2) is 26.3 Å². The van der Waals surface area contributed by atoms with Gasteiger partial charge in [0, 0.05) is 7.11 Å². The summed E-state index contributed by atoms with van der Waals surface area (Å²) in [7, 11) is 3.04. The normalized spacial score (nSPS) is 28.6. The third-order valence-corrected chi connectivity index (χ3v) is 2.55. The molecule has 1 aliphatic rings. The van der Waals surface area contributed by atoms with Gasteiger partial charge in [0.1, 0.15) is 0 Å². The molecule has 0 bridgehead atoms. The number of ether oxygens (including phenoxy) is 2. The molecule has 0 aliphatic heterocycles. The molecule has 2 atom stereocenters. The SMILES string of the molecule is C=C1CCC(C(=O)OC)C(OC)C1. The number of hydrogen-bond donors (Lipinski definition) is 0. The van der Waals surface area contributed by atoms with E-state index in [9.17, 15) is 4.79 Å². The molecular formula is C10H16O3. The zero-order valence-corrected chi connectivity index (χ0v) is 8.21. The van der Waals surface area contributed by atoms with Crippen LogP contribution in [-0.2, 0) is 14.3 Å². The van der Waals surface area contributed by atoms with Gasteiger partial charge >= 0.3 is 5.97 Å². The second kappa shape index (κ2) is 4.42. The number of carbonyl (C=O) groups excluding carboxylic acids is 1. The van der Waals surface area contributed by atoms with E-state index in [0.717, 1.165) is 24.8 Å². The second-order valence-electron chi connectivity index (χ2n) is 3.40. The van der Waals surface area contributed by atoms with Gasteiger partial charge in [-0.2, -0.15) is 0 Å². The minimum absolute atomic E-state index is 0.0475. The molecule has 0 N–H and O–H groups in total. The van der Waals surface area contributed by atoms with Gasteiger partial charge in [-0.1, -0.05) is 12.2 Å². The number of methoxy groups -OCH3 is 2. The van der Waals surface area contributed by atoms with Gasteiger partial charge in [0.15, 0.2) is 0 Å². The van der Waals surface area contributed by atoms with Crippen molar-refractivity contribution >= 4 is 5.97 Å². The number of hydrogen-bond acceptors (Lipinski definition) is 3. The first-order chi connectivity index (χ1) is 6.19. The van der Waals surface area contributed by atoms with Crippen LogP contribution in [0.4, 0.5) is 0 Å². The maximum Gasteiger partial charge on any atom is 0.311 e. The van der Waals surface area contributed by atoms with Crippen molar-refractivity contribution < 1.29 is 14.3 Å². The van der Waals surface area contributed by atoms with E-state index in [1.54, 1.807) is 7.11 Å². The summed E-state index contributed by atoms with van der Waals surface area (Å²) >= 11 is 0. The van der Waals surface area contributed by atoms with Crippen molar-refractivity contribution in [2.45, 2.75) is 25.4 Å². The summed E-state index contributed by atoms with van der Waals surface area (Å²) in [6, 6.07) is 0. The minimum atomic E-state index is -0.167. The van der Waals surface area contributed by atoms with Gasteiger partial charge in [-0.15, -0.1) is 0 Å². The molecule has 3 heteroatoms. The molecule has 0 radical (unpaired) electrons. The van der Waals surface area contributed by atoms with E-state index in [1.807, 2.05) is 0 Å². The third kappa shape index (κ3) is 2.31. The maximum absolute atomic E-state index is 11.3. The van der Waals surface area contributed by atoms with Gasteiger partial charge in [-0.3, -0.25) is 4.79 Å². The Bertz CT molecular complexity index is 210. The van der Waals surface area contributed by atoms with Crippen LogP contribution in [0.3, 0.4) is 0 Å². The van der Waals surface area contributed by atoms with Gasteiger partial charge in [-0.25, -0.2) is 0 Å². The topological polar surface area (TPSA) is 35.5 Å². The molecule has 1 aliphatic carbocycles. The molecule has 1 rings (SSSR count). The fraction of sp³-hybridized carbons (Fsp3) is 0.700. The number of esters is 1. The summed E-state index contributed by atoms with van der Waals surface area (Å²) in [5.41, 5.74) is 1.16. The molecule has 1 saturated carbocycles. The Kier molecular flexibility index (Phi) is 3.48. The zero-order valence-electron chi connectivity index (χ0n) is 8.21. The first-order valence-corrected chi connectivity index (χ1v) is 4.46. The van der Waals surface area contributed by atoms with E-state index in [4.69, 9.17) is 9.47 Å². The first-order valence-electron chi connectivity index (χ1n) is 4.46. The van der Waals surface area contributed by atoms with Gasteiger partial charge < -0.3 is 9.47 Å². The van der Waals surface area contributed by atoms with Crippen LogP contribution in [0.2, 0.25) is 0 Å². The average molecular weight is 184 g/mol. The highest BCUT2D eigenvalue weighted by Gasteiger charge is 2.32. The van der Waals surface area contributed by atoms with E-state index < -0.39 is 0 Å². The van der Waals surface area contributed by atoms with Crippen molar-refractivity contribution in [2.24, 2.45) is 5.92 Å². The smallest absolute Gasteiger partial charge is 0.311 e. The Hall–Kier alpha value is -0.830. The highest BCUT2D eigenvalue weighted by atomic mass is 16.5. The molecule has 0 spiro atoms. The van der Waals surface area contributed by atoms with Crippen LogP contribution in [0, 0.1) is 5.92 Å². The quantitative estimate of drug-likeness (QED) is 0.482. The molecule has 0 amide bonds. The van der Waals surface area contributed by atoms with Crippen LogP contribution in [0.15, 0.2) is 12.2 Å². The lowest BCUT2D eigenvalue weighted by atomic mass is 9.84. The molecule has 3 nitrogen and oxygen atoms in total. The average Bonchev–Trinajstić information content (AvgIpc) is 2.16. The molecule has 1 fully saturated rings.